The molecule has 6 nitrogen and oxygen atoms in total. The second kappa shape index (κ2) is 5.72. The van der Waals surface area contributed by atoms with E-state index in [1.54, 1.807) is 6.07 Å². The number of hydrogen-bond donors (Lipinski definition) is 0. The number of nitrogens with zero attached hydrogens (tertiary/aromatic N) is 3. The van der Waals surface area contributed by atoms with E-state index in [-0.39, 0.29) is 22.5 Å². The molecule has 104 valence electrons. The molecule has 20 heavy (non-hydrogen) atoms. The molecule has 0 amide bonds. The van der Waals surface area contributed by atoms with Crippen LogP contribution in [-0.2, 0) is 0 Å². The van der Waals surface area contributed by atoms with Gasteiger partial charge in [0.05, 0.1) is 4.92 Å². The number of hydrogen-bond acceptors (Lipinski definition) is 5. The van der Waals surface area contributed by atoms with Gasteiger partial charge in [-0.15, -0.1) is 0 Å². The van der Waals surface area contributed by atoms with Crippen molar-refractivity contribution < 1.29 is 9.66 Å². The van der Waals surface area contributed by atoms with Gasteiger partial charge in [0, 0.05) is 4.47 Å². The molecule has 0 aliphatic rings. The lowest BCUT2D eigenvalue weighted by Crippen LogP contribution is -2.02. The summed E-state index contributed by atoms with van der Waals surface area (Å²) < 4.78 is 6.33. The lowest BCUT2D eigenvalue weighted by molar-refractivity contribution is -0.386. The molecule has 1 aromatic carbocycles. The monoisotopic (exact) mass is 357 g/mol. The van der Waals surface area contributed by atoms with E-state index >= 15 is 0 Å². The molecule has 8 heteroatoms. The van der Waals surface area contributed by atoms with Crippen LogP contribution in [0.3, 0.4) is 0 Å². The summed E-state index contributed by atoms with van der Waals surface area (Å²) in [6, 6.07) is 5.36. The highest BCUT2D eigenvalue weighted by Gasteiger charge is 2.24. The zero-order valence-electron chi connectivity index (χ0n) is 10.6. The average Bonchev–Trinajstić information content (AvgIpc) is 2.32. The zero-order chi connectivity index (χ0) is 14.9. The summed E-state index contributed by atoms with van der Waals surface area (Å²) in [5, 5.41) is 11.0. The van der Waals surface area contributed by atoms with E-state index < -0.39 is 4.92 Å². The lowest BCUT2D eigenvalue weighted by Gasteiger charge is -2.09. The van der Waals surface area contributed by atoms with Gasteiger partial charge in [0.15, 0.2) is 0 Å². The first-order valence-corrected chi connectivity index (χ1v) is 6.68. The Hall–Kier alpha value is -1.73. The van der Waals surface area contributed by atoms with Crippen molar-refractivity contribution in [3.8, 4) is 11.6 Å². The Morgan fingerprint density at radius 1 is 1.35 bits per heavy atom. The van der Waals surface area contributed by atoms with Gasteiger partial charge in [-0.25, -0.2) is 4.98 Å². The van der Waals surface area contributed by atoms with Crippen LogP contribution < -0.4 is 4.74 Å². The summed E-state index contributed by atoms with van der Waals surface area (Å²) in [7, 11) is 0. The van der Waals surface area contributed by atoms with E-state index in [9.17, 15) is 10.1 Å². The Bertz CT molecular complexity index is 694. The van der Waals surface area contributed by atoms with Gasteiger partial charge in [0.2, 0.25) is 5.28 Å². The summed E-state index contributed by atoms with van der Waals surface area (Å²) in [6.45, 7) is 3.30. The smallest absolute Gasteiger partial charge is 0.352 e. The largest absolute Gasteiger partial charge is 0.433 e. The van der Waals surface area contributed by atoms with Crippen LogP contribution in [0.1, 0.15) is 11.3 Å². The molecular formula is C12H9BrClN3O3. The van der Waals surface area contributed by atoms with Crippen molar-refractivity contribution in [2.45, 2.75) is 13.8 Å². The first-order valence-electron chi connectivity index (χ1n) is 5.51. The normalized spacial score (nSPS) is 10.4. The van der Waals surface area contributed by atoms with Crippen molar-refractivity contribution in [1.82, 2.24) is 9.97 Å². The Labute approximate surface area is 128 Å². The molecule has 0 spiro atoms. The SMILES string of the molecule is Cc1ccc(Br)cc1Oc1nc(Cl)nc(C)c1[N+](=O)[O-]. The van der Waals surface area contributed by atoms with Crippen molar-refractivity contribution >= 4 is 33.2 Å². The second-order valence-corrected chi connectivity index (χ2v) is 5.25. The van der Waals surface area contributed by atoms with Crippen molar-refractivity contribution in [1.29, 1.82) is 0 Å². The van der Waals surface area contributed by atoms with Gasteiger partial charge in [-0.2, -0.15) is 4.98 Å². The van der Waals surface area contributed by atoms with Crippen LogP contribution in [0.15, 0.2) is 22.7 Å². The minimum atomic E-state index is -0.589. The number of halogens is 2. The fraction of sp³-hybridized carbons (Fsp3) is 0.167. The minimum absolute atomic E-state index is 0.101. The summed E-state index contributed by atoms with van der Waals surface area (Å²) >= 11 is 9.04. The molecule has 1 heterocycles. The van der Waals surface area contributed by atoms with Crippen LogP contribution in [-0.4, -0.2) is 14.9 Å². The maximum Gasteiger partial charge on any atom is 0.352 e. The third kappa shape index (κ3) is 3.05. The molecule has 0 saturated carbocycles. The highest BCUT2D eigenvalue weighted by Crippen LogP contribution is 2.34. The molecule has 0 aliphatic heterocycles. The highest BCUT2D eigenvalue weighted by molar-refractivity contribution is 9.10. The van der Waals surface area contributed by atoms with E-state index in [4.69, 9.17) is 16.3 Å². The van der Waals surface area contributed by atoms with Gasteiger partial charge < -0.3 is 4.74 Å². The van der Waals surface area contributed by atoms with E-state index in [0.717, 1.165) is 10.0 Å². The van der Waals surface area contributed by atoms with E-state index in [0.29, 0.717) is 5.75 Å². The van der Waals surface area contributed by atoms with Crippen molar-refractivity contribution in [2.24, 2.45) is 0 Å². The first kappa shape index (κ1) is 14.7. The fourth-order valence-electron chi connectivity index (χ4n) is 1.58. The van der Waals surface area contributed by atoms with Gasteiger partial charge in [-0.05, 0) is 43.1 Å². The molecule has 0 aliphatic carbocycles. The van der Waals surface area contributed by atoms with Gasteiger partial charge in [0.1, 0.15) is 11.4 Å². The summed E-state index contributed by atoms with van der Waals surface area (Å²) in [5.74, 6) is 0.283. The van der Waals surface area contributed by atoms with Gasteiger partial charge in [0.25, 0.3) is 0 Å². The molecule has 2 rings (SSSR count). The van der Waals surface area contributed by atoms with E-state index in [1.165, 1.54) is 6.92 Å². The van der Waals surface area contributed by atoms with E-state index in [2.05, 4.69) is 25.9 Å². The van der Waals surface area contributed by atoms with Crippen LogP contribution in [0.5, 0.6) is 11.6 Å². The standard InChI is InChI=1S/C12H9BrClN3O3/c1-6-3-4-8(13)5-9(6)20-11-10(17(18)19)7(2)15-12(14)16-11/h3-5H,1-2H3. The van der Waals surface area contributed by atoms with E-state index in [1.807, 2.05) is 19.1 Å². The first-order chi connectivity index (χ1) is 9.38. The van der Waals surface area contributed by atoms with Gasteiger partial charge in [-0.3, -0.25) is 10.1 Å². The molecular weight excluding hydrogens is 350 g/mol. The Morgan fingerprint density at radius 2 is 2.05 bits per heavy atom. The summed E-state index contributed by atoms with van der Waals surface area (Å²) in [4.78, 5) is 18.1. The Balaban J connectivity index is 2.53. The average molecular weight is 359 g/mol. The quantitative estimate of drug-likeness (QED) is 0.466. The number of nitro groups is 1. The summed E-state index contributed by atoms with van der Waals surface area (Å²) in [5.41, 5.74) is 0.668. The van der Waals surface area contributed by atoms with Crippen LogP contribution in [0.2, 0.25) is 5.28 Å². The number of aryl methyl sites for hydroxylation is 2. The third-order valence-corrected chi connectivity index (χ3v) is 3.20. The van der Waals surface area contributed by atoms with Crippen molar-refractivity contribution in [2.75, 3.05) is 0 Å². The van der Waals surface area contributed by atoms with Crippen molar-refractivity contribution in [3.63, 3.8) is 0 Å². The number of aromatic nitrogens is 2. The molecule has 0 bridgehead atoms. The van der Waals surface area contributed by atoms with Crippen LogP contribution in [0.4, 0.5) is 5.69 Å². The zero-order valence-corrected chi connectivity index (χ0v) is 12.9. The predicted octanol–water partition coefficient (Wildman–Crippen LogP) is 4.21. The fourth-order valence-corrected chi connectivity index (χ4v) is 2.12. The van der Waals surface area contributed by atoms with Gasteiger partial charge in [-0.1, -0.05) is 22.0 Å². The minimum Gasteiger partial charge on any atom is -0.433 e. The second-order valence-electron chi connectivity index (χ2n) is 4.00. The highest BCUT2D eigenvalue weighted by atomic mass is 79.9. The molecule has 0 N–H and O–H groups in total. The molecule has 0 atom stereocenters. The number of rotatable bonds is 3. The Morgan fingerprint density at radius 3 is 2.70 bits per heavy atom. The molecule has 0 saturated heterocycles. The number of benzene rings is 1. The van der Waals surface area contributed by atoms with Crippen molar-refractivity contribution in [3.05, 3.63) is 49.3 Å². The molecule has 2 aromatic rings. The summed E-state index contributed by atoms with van der Waals surface area (Å²) in [6.07, 6.45) is 0. The molecule has 0 fully saturated rings. The third-order valence-electron chi connectivity index (χ3n) is 2.54. The lowest BCUT2D eigenvalue weighted by atomic mass is 10.2. The van der Waals surface area contributed by atoms with Crippen LogP contribution in [0, 0.1) is 24.0 Å². The van der Waals surface area contributed by atoms with Crippen LogP contribution >= 0.6 is 27.5 Å². The number of ether oxygens (including phenoxy) is 1. The molecule has 1 aromatic heterocycles. The molecule has 0 unspecified atom stereocenters. The predicted molar refractivity (Wildman–Crippen MR) is 77.4 cm³/mol. The Kier molecular flexibility index (Phi) is 4.20. The van der Waals surface area contributed by atoms with Gasteiger partial charge >= 0.3 is 11.6 Å². The molecule has 0 radical (unpaired) electrons. The maximum absolute atomic E-state index is 11.1. The topological polar surface area (TPSA) is 78.2 Å². The maximum atomic E-state index is 11.1. The van der Waals surface area contributed by atoms with Crippen LogP contribution in [0.25, 0.3) is 0 Å².